The van der Waals surface area contributed by atoms with Crippen LogP contribution in [0.4, 0.5) is 4.79 Å². The number of piperidine rings is 1. The first-order valence-corrected chi connectivity index (χ1v) is 8.36. The van der Waals surface area contributed by atoms with Gasteiger partial charge in [-0.1, -0.05) is 24.3 Å². The average molecular weight is 312 g/mol. The van der Waals surface area contributed by atoms with E-state index in [9.17, 15) is 4.79 Å². The van der Waals surface area contributed by atoms with Crippen LogP contribution in [0.3, 0.4) is 0 Å². The van der Waals surface area contributed by atoms with Gasteiger partial charge in [-0.2, -0.15) is 5.10 Å². The Morgan fingerprint density at radius 3 is 2.74 bits per heavy atom. The van der Waals surface area contributed by atoms with Crippen LogP contribution in [0.2, 0.25) is 0 Å². The van der Waals surface area contributed by atoms with Gasteiger partial charge in [-0.25, -0.2) is 4.79 Å². The molecule has 5 heteroatoms. The van der Waals surface area contributed by atoms with Crippen molar-refractivity contribution >= 4 is 6.03 Å². The summed E-state index contributed by atoms with van der Waals surface area (Å²) >= 11 is 0. The highest BCUT2D eigenvalue weighted by atomic mass is 16.2. The quantitative estimate of drug-likeness (QED) is 0.943. The second kappa shape index (κ2) is 7.31. The van der Waals surface area contributed by atoms with Gasteiger partial charge in [0.05, 0.1) is 12.2 Å². The lowest BCUT2D eigenvalue weighted by Gasteiger charge is -2.26. The van der Waals surface area contributed by atoms with E-state index in [4.69, 9.17) is 0 Å². The Kier molecular flexibility index (Phi) is 4.95. The lowest BCUT2D eigenvalue weighted by Crippen LogP contribution is -2.43. The molecule has 0 unspecified atom stereocenters. The van der Waals surface area contributed by atoms with Crippen molar-refractivity contribution in [2.45, 2.75) is 32.7 Å². The molecular formula is C18H24N4O. The fourth-order valence-corrected chi connectivity index (χ4v) is 2.98. The van der Waals surface area contributed by atoms with Gasteiger partial charge in [0.2, 0.25) is 0 Å². The number of aryl methyl sites for hydroxylation is 1. The molecule has 1 N–H and O–H groups in total. The van der Waals surface area contributed by atoms with Gasteiger partial charge in [0, 0.05) is 31.4 Å². The number of carbonyl (C=O) groups is 1. The van der Waals surface area contributed by atoms with Gasteiger partial charge >= 0.3 is 6.03 Å². The maximum absolute atomic E-state index is 12.0. The third-order valence-corrected chi connectivity index (χ3v) is 4.32. The van der Waals surface area contributed by atoms with E-state index >= 15 is 0 Å². The number of amides is 2. The summed E-state index contributed by atoms with van der Waals surface area (Å²) in [5, 5.41) is 7.59. The molecule has 1 aliphatic rings. The molecule has 0 spiro atoms. The van der Waals surface area contributed by atoms with E-state index in [1.165, 1.54) is 12.0 Å². The second-order valence-electron chi connectivity index (χ2n) is 6.06. The zero-order chi connectivity index (χ0) is 16.1. The first kappa shape index (κ1) is 15.6. The molecule has 2 aromatic rings. The summed E-state index contributed by atoms with van der Waals surface area (Å²) < 4.78 is 1.89. The highest BCUT2D eigenvalue weighted by Crippen LogP contribution is 2.20. The van der Waals surface area contributed by atoms with E-state index in [1.54, 1.807) is 0 Å². The summed E-state index contributed by atoms with van der Waals surface area (Å²) in [4.78, 5) is 14.0. The average Bonchev–Trinajstić information content (AvgIpc) is 3.04. The van der Waals surface area contributed by atoms with Crippen LogP contribution in [-0.4, -0.2) is 40.3 Å². The van der Waals surface area contributed by atoms with E-state index in [1.807, 2.05) is 34.0 Å². The highest BCUT2D eigenvalue weighted by Gasteiger charge is 2.15. The predicted octanol–water partition coefficient (Wildman–Crippen LogP) is 3.05. The van der Waals surface area contributed by atoms with Crippen LogP contribution in [0.5, 0.6) is 0 Å². The van der Waals surface area contributed by atoms with Crippen molar-refractivity contribution in [1.82, 2.24) is 20.0 Å². The van der Waals surface area contributed by atoms with E-state index in [0.717, 1.165) is 37.2 Å². The number of likely N-dealkylation sites (tertiary alicyclic amines) is 1. The Balaban J connectivity index is 1.51. The number of urea groups is 1. The molecule has 1 saturated heterocycles. The van der Waals surface area contributed by atoms with Gasteiger partial charge in [-0.15, -0.1) is 0 Å². The first-order valence-electron chi connectivity index (χ1n) is 8.36. The van der Waals surface area contributed by atoms with Crippen molar-refractivity contribution in [3.63, 3.8) is 0 Å². The predicted molar refractivity (Wildman–Crippen MR) is 91.2 cm³/mol. The molecule has 3 rings (SSSR count). The molecule has 2 amide bonds. The third kappa shape index (κ3) is 3.92. The van der Waals surface area contributed by atoms with Crippen molar-refractivity contribution < 1.29 is 4.79 Å². The molecule has 0 saturated carbocycles. The molecule has 0 aliphatic carbocycles. The number of benzene rings is 1. The van der Waals surface area contributed by atoms with Gasteiger partial charge in [-0.3, -0.25) is 4.68 Å². The van der Waals surface area contributed by atoms with Gasteiger partial charge in [-0.05, 0) is 37.8 Å². The fourth-order valence-electron chi connectivity index (χ4n) is 2.98. The fraction of sp³-hybridized carbons (Fsp3) is 0.444. The second-order valence-corrected chi connectivity index (χ2v) is 6.06. The molecule has 0 radical (unpaired) electrons. The Morgan fingerprint density at radius 1 is 1.17 bits per heavy atom. The smallest absolute Gasteiger partial charge is 0.317 e. The van der Waals surface area contributed by atoms with E-state index in [2.05, 4.69) is 29.5 Å². The van der Waals surface area contributed by atoms with Crippen LogP contribution in [0.25, 0.3) is 11.3 Å². The van der Waals surface area contributed by atoms with Gasteiger partial charge in [0.1, 0.15) is 0 Å². The lowest BCUT2D eigenvalue weighted by molar-refractivity contribution is 0.186. The summed E-state index contributed by atoms with van der Waals surface area (Å²) in [5.74, 6) is 0. The number of carbonyl (C=O) groups excluding carboxylic acids is 1. The number of rotatable bonds is 4. The maximum atomic E-state index is 12.0. The third-order valence-electron chi connectivity index (χ3n) is 4.32. The molecule has 1 aliphatic heterocycles. The van der Waals surface area contributed by atoms with Crippen LogP contribution < -0.4 is 5.32 Å². The Hall–Kier alpha value is -2.30. The minimum Gasteiger partial charge on any atom is -0.336 e. The van der Waals surface area contributed by atoms with E-state index in [-0.39, 0.29) is 6.03 Å². The Bertz CT molecular complexity index is 659. The topological polar surface area (TPSA) is 50.2 Å². The number of nitrogens with zero attached hydrogens (tertiary/aromatic N) is 3. The lowest BCUT2D eigenvalue weighted by atomic mass is 10.1. The van der Waals surface area contributed by atoms with Crippen LogP contribution >= 0.6 is 0 Å². The zero-order valence-electron chi connectivity index (χ0n) is 13.7. The molecule has 23 heavy (non-hydrogen) atoms. The van der Waals surface area contributed by atoms with Gasteiger partial charge < -0.3 is 10.2 Å². The van der Waals surface area contributed by atoms with Gasteiger partial charge in [0.25, 0.3) is 0 Å². The Morgan fingerprint density at radius 2 is 1.96 bits per heavy atom. The Labute approximate surface area is 137 Å². The molecule has 1 aromatic heterocycles. The monoisotopic (exact) mass is 312 g/mol. The minimum atomic E-state index is 0.0518. The summed E-state index contributed by atoms with van der Waals surface area (Å²) in [6.45, 7) is 5.14. The standard InChI is InChI=1S/C18H24N4O/c1-15-7-3-4-8-16(15)17-9-13-22(20-17)14-10-19-18(23)21-11-5-2-6-12-21/h3-4,7-9,13H,2,5-6,10-12,14H2,1H3,(H,19,23). The zero-order valence-corrected chi connectivity index (χ0v) is 13.7. The first-order chi connectivity index (χ1) is 11.2. The van der Waals surface area contributed by atoms with E-state index < -0.39 is 0 Å². The number of nitrogens with one attached hydrogen (secondary N) is 1. The van der Waals surface area contributed by atoms with E-state index in [0.29, 0.717) is 13.1 Å². The SMILES string of the molecule is Cc1ccccc1-c1ccn(CCNC(=O)N2CCCCC2)n1. The van der Waals surface area contributed by atoms with Crippen LogP contribution in [0, 0.1) is 6.92 Å². The summed E-state index contributed by atoms with van der Waals surface area (Å²) in [6, 6.07) is 10.3. The van der Waals surface area contributed by atoms with Crippen molar-refractivity contribution in [2.75, 3.05) is 19.6 Å². The van der Waals surface area contributed by atoms with Gasteiger partial charge in [0.15, 0.2) is 0 Å². The summed E-state index contributed by atoms with van der Waals surface area (Å²) in [7, 11) is 0. The summed E-state index contributed by atoms with van der Waals surface area (Å²) in [6.07, 6.45) is 5.44. The largest absolute Gasteiger partial charge is 0.336 e. The molecule has 2 heterocycles. The molecule has 122 valence electrons. The van der Waals surface area contributed by atoms with Crippen LogP contribution in [-0.2, 0) is 6.54 Å². The summed E-state index contributed by atoms with van der Waals surface area (Å²) in [5.41, 5.74) is 3.35. The molecule has 1 fully saturated rings. The maximum Gasteiger partial charge on any atom is 0.317 e. The molecule has 1 aromatic carbocycles. The molecule has 0 atom stereocenters. The minimum absolute atomic E-state index is 0.0518. The molecular weight excluding hydrogens is 288 g/mol. The van der Waals surface area contributed by atoms with Crippen LogP contribution in [0.1, 0.15) is 24.8 Å². The highest BCUT2D eigenvalue weighted by molar-refractivity contribution is 5.74. The van der Waals surface area contributed by atoms with Crippen LogP contribution in [0.15, 0.2) is 36.5 Å². The molecule has 5 nitrogen and oxygen atoms in total. The van der Waals surface area contributed by atoms with Crippen molar-refractivity contribution in [2.24, 2.45) is 0 Å². The number of hydrogen-bond acceptors (Lipinski definition) is 2. The van der Waals surface area contributed by atoms with Crippen molar-refractivity contribution in [1.29, 1.82) is 0 Å². The normalized spacial score (nSPS) is 14.7. The number of aromatic nitrogens is 2. The number of hydrogen-bond donors (Lipinski definition) is 1. The van der Waals surface area contributed by atoms with Crippen molar-refractivity contribution in [3.05, 3.63) is 42.1 Å². The molecule has 0 bridgehead atoms. The van der Waals surface area contributed by atoms with Crippen molar-refractivity contribution in [3.8, 4) is 11.3 Å².